The van der Waals surface area contributed by atoms with Crippen molar-refractivity contribution in [2.75, 3.05) is 55.7 Å². The Bertz CT molecular complexity index is 1530. The van der Waals surface area contributed by atoms with Crippen molar-refractivity contribution in [3.63, 3.8) is 0 Å². The fraction of sp³-hybridized carbons (Fsp3) is 0.515. The summed E-state index contributed by atoms with van der Waals surface area (Å²) in [6.45, 7) is 1.68. The predicted molar refractivity (Wildman–Crippen MR) is 161 cm³/mol. The van der Waals surface area contributed by atoms with Crippen LogP contribution in [-0.4, -0.2) is 89.8 Å². The second-order valence-electron chi connectivity index (χ2n) is 11.7. The molecule has 1 N–H and O–H groups in total. The minimum atomic E-state index is -0.670. The largest absolute Gasteiger partial charge is 0.497 e. The number of carbonyl (C=O) groups excluding carboxylic acids is 2. The van der Waals surface area contributed by atoms with Gasteiger partial charge in [-0.15, -0.1) is 0 Å². The van der Waals surface area contributed by atoms with E-state index in [2.05, 4.69) is 16.0 Å². The molecule has 3 aromatic rings. The van der Waals surface area contributed by atoms with E-state index in [4.69, 9.17) is 33.2 Å². The highest BCUT2D eigenvalue weighted by Gasteiger charge is 2.54. The van der Waals surface area contributed by atoms with Crippen LogP contribution in [0.3, 0.4) is 0 Å². The standard InChI is InChI=1S/C33H40N2O9/c1-38-19-7-8-20-21-9-10-35-16-18-13-27(44-32(36)17-11-25(39-2)30(41-4)26(12-17)40-3)31(42-5)28(33(37)43-6)22(18)15-24(35)29(21)34-23(20)14-19/h7-8,11-12,14,18,22,24,27-28,31,34H,9-10,13,15-16H2,1-6H3/t18-,22-,24-,27+,28-,31-/m0/s1. The summed E-state index contributed by atoms with van der Waals surface area (Å²) >= 11 is 0. The third kappa shape index (κ3) is 5.01. The summed E-state index contributed by atoms with van der Waals surface area (Å²) in [5.74, 6) is 0.441. The number of hydrogen-bond acceptors (Lipinski definition) is 10. The predicted octanol–water partition coefficient (Wildman–Crippen LogP) is 4.17. The van der Waals surface area contributed by atoms with Crippen molar-refractivity contribution in [3.05, 3.63) is 47.2 Å². The molecule has 0 unspecified atom stereocenters. The molecule has 44 heavy (non-hydrogen) atoms. The quantitative estimate of drug-likeness (QED) is 0.374. The number of nitrogens with zero attached hydrogens (tertiary/aromatic N) is 1. The van der Waals surface area contributed by atoms with Gasteiger partial charge in [0.25, 0.3) is 0 Å². The minimum Gasteiger partial charge on any atom is -0.497 e. The Hall–Kier alpha value is -3.96. The van der Waals surface area contributed by atoms with Crippen LogP contribution in [0.1, 0.15) is 40.5 Å². The normalized spacial score (nSPS) is 26.1. The van der Waals surface area contributed by atoms with Crippen molar-refractivity contribution in [2.24, 2.45) is 17.8 Å². The molecule has 0 radical (unpaired) electrons. The van der Waals surface area contributed by atoms with Gasteiger partial charge in [0.05, 0.1) is 53.1 Å². The molecular weight excluding hydrogens is 568 g/mol. The fourth-order valence-corrected chi connectivity index (χ4v) is 7.76. The van der Waals surface area contributed by atoms with Gasteiger partial charge >= 0.3 is 11.9 Å². The molecule has 1 saturated carbocycles. The Balaban J connectivity index is 1.29. The number of benzene rings is 2. The average molecular weight is 609 g/mol. The number of aromatic nitrogens is 1. The molecule has 3 heterocycles. The highest BCUT2D eigenvalue weighted by Crippen LogP contribution is 2.51. The lowest BCUT2D eigenvalue weighted by Gasteiger charge is -2.52. The Morgan fingerprint density at radius 2 is 1.66 bits per heavy atom. The number of esters is 2. The smallest absolute Gasteiger partial charge is 0.338 e. The summed E-state index contributed by atoms with van der Waals surface area (Å²) in [5.41, 5.74) is 3.83. The summed E-state index contributed by atoms with van der Waals surface area (Å²) in [4.78, 5) is 33.1. The van der Waals surface area contributed by atoms with Gasteiger partial charge in [-0.3, -0.25) is 9.69 Å². The zero-order valence-electron chi connectivity index (χ0n) is 26.0. The van der Waals surface area contributed by atoms with Crippen LogP contribution in [0.5, 0.6) is 23.0 Å². The van der Waals surface area contributed by atoms with Gasteiger partial charge in [-0.25, -0.2) is 4.79 Å². The molecule has 11 nitrogen and oxygen atoms in total. The fourth-order valence-electron chi connectivity index (χ4n) is 7.76. The maximum Gasteiger partial charge on any atom is 0.338 e. The molecule has 6 rings (SSSR count). The van der Waals surface area contributed by atoms with Crippen LogP contribution in [0.2, 0.25) is 0 Å². The summed E-state index contributed by atoms with van der Waals surface area (Å²) in [7, 11) is 9.10. The number of rotatable bonds is 8. The summed E-state index contributed by atoms with van der Waals surface area (Å²) in [6.07, 6.45) is 0.920. The number of methoxy groups -OCH3 is 6. The molecule has 1 aliphatic carbocycles. The zero-order valence-corrected chi connectivity index (χ0v) is 26.0. The van der Waals surface area contributed by atoms with E-state index >= 15 is 0 Å². The van der Waals surface area contributed by atoms with E-state index in [9.17, 15) is 9.59 Å². The minimum absolute atomic E-state index is 0.0170. The van der Waals surface area contributed by atoms with Crippen LogP contribution in [-0.2, 0) is 25.4 Å². The van der Waals surface area contributed by atoms with Crippen molar-refractivity contribution < 1.29 is 42.7 Å². The number of nitrogens with one attached hydrogen (secondary N) is 1. The third-order valence-corrected chi connectivity index (χ3v) is 9.76. The Kier molecular flexibility index (Phi) is 8.34. The van der Waals surface area contributed by atoms with E-state index in [1.54, 1.807) is 26.4 Å². The van der Waals surface area contributed by atoms with Crippen LogP contribution >= 0.6 is 0 Å². The molecular formula is C33H40N2O9. The molecule has 11 heteroatoms. The first-order chi connectivity index (χ1) is 21.3. The van der Waals surface area contributed by atoms with Crippen LogP contribution in [0, 0.1) is 17.8 Å². The summed E-state index contributed by atoms with van der Waals surface area (Å²) in [5, 5.41) is 1.21. The topological polar surface area (TPSA) is 118 Å². The van der Waals surface area contributed by atoms with Crippen molar-refractivity contribution >= 4 is 22.8 Å². The lowest BCUT2D eigenvalue weighted by molar-refractivity contribution is -0.176. The van der Waals surface area contributed by atoms with E-state index in [-0.39, 0.29) is 29.4 Å². The molecule has 2 aliphatic heterocycles. The second-order valence-corrected chi connectivity index (χ2v) is 11.7. The molecule has 236 valence electrons. The number of fused-ring (bicyclic) bond motifs is 6. The van der Waals surface area contributed by atoms with Gasteiger partial charge in [-0.1, -0.05) is 0 Å². The van der Waals surface area contributed by atoms with E-state index in [0.717, 1.165) is 37.2 Å². The zero-order chi connectivity index (χ0) is 31.1. The van der Waals surface area contributed by atoms with Crippen molar-refractivity contribution in [2.45, 2.75) is 37.5 Å². The first-order valence-corrected chi connectivity index (χ1v) is 14.9. The molecule has 6 atom stereocenters. The maximum atomic E-state index is 13.5. The van der Waals surface area contributed by atoms with Crippen LogP contribution < -0.4 is 18.9 Å². The van der Waals surface area contributed by atoms with Gasteiger partial charge in [-0.2, -0.15) is 0 Å². The number of carbonyl (C=O) groups is 2. The maximum absolute atomic E-state index is 13.5. The molecule has 1 saturated heterocycles. The van der Waals surface area contributed by atoms with Gasteiger partial charge in [-0.05, 0) is 60.9 Å². The van der Waals surface area contributed by atoms with E-state index in [1.807, 2.05) is 12.1 Å². The van der Waals surface area contributed by atoms with Crippen LogP contribution in [0.4, 0.5) is 0 Å². The van der Waals surface area contributed by atoms with Crippen molar-refractivity contribution in [3.8, 4) is 23.0 Å². The van der Waals surface area contributed by atoms with Gasteiger partial charge in [0.1, 0.15) is 18.0 Å². The Morgan fingerprint density at radius 3 is 2.30 bits per heavy atom. The molecule has 0 amide bonds. The first kappa shape index (κ1) is 30.1. The average Bonchev–Trinajstić information content (AvgIpc) is 3.43. The van der Waals surface area contributed by atoms with Crippen LogP contribution in [0.25, 0.3) is 10.9 Å². The Labute approximate surface area is 256 Å². The van der Waals surface area contributed by atoms with E-state index in [0.29, 0.717) is 23.7 Å². The SMILES string of the molecule is COC(=O)[C@H]1[C@H]2C[C@H]3c4[nH]c5cc(OC)ccc5c4CCN3C[C@@H]2C[C@@H](OC(=O)c2cc(OC)c(OC)c(OC)c2)[C@@H]1OC. The Morgan fingerprint density at radius 1 is 0.909 bits per heavy atom. The molecule has 2 fully saturated rings. The van der Waals surface area contributed by atoms with Crippen molar-refractivity contribution in [1.82, 2.24) is 9.88 Å². The highest BCUT2D eigenvalue weighted by molar-refractivity contribution is 5.91. The van der Waals surface area contributed by atoms with Crippen LogP contribution in [0.15, 0.2) is 30.3 Å². The first-order valence-electron chi connectivity index (χ1n) is 14.9. The number of hydrogen-bond donors (Lipinski definition) is 1. The summed E-state index contributed by atoms with van der Waals surface area (Å²) in [6, 6.07) is 9.40. The van der Waals surface area contributed by atoms with Crippen molar-refractivity contribution in [1.29, 1.82) is 0 Å². The number of aromatic amines is 1. The molecule has 3 aliphatic rings. The molecule has 0 spiro atoms. The third-order valence-electron chi connectivity index (χ3n) is 9.76. The lowest BCUT2D eigenvalue weighted by Crippen LogP contribution is -2.58. The molecule has 0 bridgehead atoms. The monoisotopic (exact) mass is 608 g/mol. The van der Waals surface area contributed by atoms with E-state index in [1.165, 1.54) is 45.1 Å². The van der Waals surface area contributed by atoms with Gasteiger partial charge in [0.2, 0.25) is 5.75 Å². The van der Waals surface area contributed by atoms with Gasteiger partial charge in [0.15, 0.2) is 11.5 Å². The number of piperidine rings is 1. The highest BCUT2D eigenvalue weighted by atomic mass is 16.6. The van der Waals surface area contributed by atoms with E-state index < -0.39 is 24.1 Å². The molecule has 1 aromatic heterocycles. The van der Waals surface area contributed by atoms with Gasteiger partial charge < -0.3 is 38.1 Å². The number of ether oxygens (including phenoxy) is 7. The second kappa shape index (κ2) is 12.2. The summed E-state index contributed by atoms with van der Waals surface area (Å²) < 4.78 is 39.1. The lowest BCUT2D eigenvalue weighted by atomic mass is 9.63. The number of H-pyrrole nitrogens is 1. The molecule has 2 aromatic carbocycles. The van der Waals surface area contributed by atoms with Gasteiger partial charge in [0, 0.05) is 42.9 Å².